The van der Waals surface area contributed by atoms with Crippen molar-refractivity contribution >= 4 is 16.7 Å². The van der Waals surface area contributed by atoms with Gasteiger partial charge >= 0.3 is 0 Å². The Bertz CT molecular complexity index is 540. The summed E-state index contributed by atoms with van der Waals surface area (Å²) in [5.41, 5.74) is 6.11. The number of hydrogen-bond acceptors (Lipinski definition) is 5. The van der Waals surface area contributed by atoms with Crippen molar-refractivity contribution in [3.05, 3.63) is 18.2 Å². The SMILES string of the molecule is COc1cc2nc(N)cc(O)c2cc1OC. The van der Waals surface area contributed by atoms with Crippen molar-refractivity contribution in [2.24, 2.45) is 0 Å². The molecule has 0 radical (unpaired) electrons. The Hall–Kier alpha value is -2.17. The van der Waals surface area contributed by atoms with Crippen molar-refractivity contribution in [3.63, 3.8) is 0 Å². The van der Waals surface area contributed by atoms with Crippen LogP contribution in [0.2, 0.25) is 0 Å². The summed E-state index contributed by atoms with van der Waals surface area (Å²) in [6.07, 6.45) is 0. The highest BCUT2D eigenvalue weighted by molar-refractivity contribution is 5.89. The van der Waals surface area contributed by atoms with E-state index in [4.69, 9.17) is 15.2 Å². The molecule has 0 unspecified atom stereocenters. The summed E-state index contributed by atoms with van der Waals surface area (Å²) < 4.78 is 10.3. The molecule has 5 nitrogen and oxygen atoms in total. The summed E-state index contributed by atoms with van der Waals surface area (Å²) in [5.74, 6) is 1.42. The molecule has 0 aliphatic carbocycles. The molecular formula is C11H12N2O3. The van der Waals surface area contributed by atoms with Crippen LogP contribution >= 0.6 is 0 Å². The van der Waals surface area contributed by atoms with Crippen molar-refractivity contribution in [1.29, 1.82) is 0 Å². The van der Waals surface area contributed by atoms with E-state index in [0.717, 1.165) is 0 Å². The van der Waals surface area contributed by atoms with Crippen LogP contribution in [-0.4, -0.2) is 24.3 Å². The lowest BCUT2D eigenvalue weighted by atomic mass is 10.2. The molecule has 0 amide bonds. The first-order valence-electron chi connectivity index (χ1n) is 4.67. The second kappa shape index (κ2) is 3.77. The molecule has 0 fully saturated rings. The maximum atomic E-state index is 9.72. The maximum absolute atomic E-state index is 9.72. The minimum atomic E-state index is 0.0726. The van der Waals surface area contributed by atoms with Crippen molar-refractivity contribution < 1.29 is 14.6 Å². The first kappa shape index (κ1) is 10.4. The molecule has 0 saturated heterocycles. The third-order valence-corrected chi connectivity index (χ3v) is 2.31. The minimum absolute atomic E-state index is 0.0726. The Morgan fingerprint density at radius 1 is 1.12 bits per heavy atom. The van der Waals surface area contributed by atoms with Gasteiger partial charge in [-0.3, -0.25) is 0 Å². The van der Waals surface area contributed by atoms with Gasteiger partial charge in [0.25, 0.3) is 0 Å². The van der Waals surface area contributed by atoms with Crippen LogP contribution in [0.5, 0.6) is 17.2 Å². The van der Waals surface area contributed by atoms with Crippen LogP contribution < -0.4 is 15.2 Å². The maximum Gasteiger partial charge on any atom is 0.162 e. The molecule has 16 heavy (non-hydrogen) atoms. The molecule has 0 bridgehead atoms. The van der Waals surface area contributed by atoms with Crippen molar-refractivity contribution in [2.75, 3.05) is 20.0 Å². The van der Waals surface area contributed by atoms with E-state index in [0.29, 0.717) is 22.4 Å². The lowest BCUT2D eigenvalue weighted by Crippen LogP contribution is -1.94. The number of anilines is 1. The Labute approximate surface area is 92.4 Å². The predicted octanol–water partition coefficient (Wildman–Crippen LogP) is 1.54. The summed E-state index contributed by atoms with van der Waals surface area (Å²) in [6, 6.07) is 4.73. The van der Waals surface area contributed by atoms with Gasteiger partial charge in [-0.05, 0) is 6.07 Å². The van der Waals surface area contributed by atoms with Gasteiger partial charge in [0.15, 0.2) is 11.5 Å². The molecule has 0 aliphatic rings. The fourth-order valence-corrected chi connectivity index (χ4v) is 1.56. The van der Waals surface area contributed by atoms with E-state index >= 15 is 0 Å². The molecule has 1 heterocycles. The monoisotopic (exact) mass is 220 g/mol. The Balaban J connectivity index is 2.78. The standard InChI is InChI=1S/C11H12N2O3/c1-15-9-3-6-7(4-10(9)16-2)13-11(12)5-8(6)14/h3-5H,1-2H3,(H3,12,13,14). The van der Waals surface area contributed by atoms with E-state index in [1.54, 1.807) is 12.1 Å². The molecule has 3 N–H and O–H groups in total. The number of aromatic hydroxyl groups is 1. The first-order valence-corrected chi connectivity index (χ1v) is 4.67. The quantitative estimate of drug-likeness (QED) is 0.802. The second-order valence-electron chi connectivity index (χ2n) is 3.29. The highest BCUT2D eigenvalue weighted by atomic mass is 16.5. The number of methoxy groups -OCH3 is 2. The largest absolute Gasteiger partial charge is 0.507 e. The van der Waals surface area contributed by atoms with E-state index in [1.165, 1.54) is 20.3 Å². The summed E-state index contributed by atoms with van der Waals surface area (Å²) in [5, 5.41) is 10.3. The van der Waals surface area contributed by atoms with Gasteiger partial charge in [-0.15, -0.1) is 0 Å². The zero-order valence-electron chi connectivity index (χ0n) is 9.02. The molecule has 84 valence electrons. The zero-order valence-corrected chi connectivity index (χ0v) is 9.02. The number of nitrogens with zero attached hydrogens (tertiary/aromatic N) is 1. The van der Waals surface area contributed by atoms with Gasteiger partial charge in [0.05, 0.1) is 19.7 Å². The smallest absolute Gasteiger partial charge is 0.162 e. The Morgan fingerprint density at radius 3 is 2.38 bits per heavy atom. The van der Waals surface area contributed by atoms with Crippen LogP contribution in [0.25, 0.3) is 10.9 Å². The van der Waals surface area contributed by atoms with Crippen molar-refractivity contribution in [2.45, 2.75) is 0 Å². The number of pyridine rings is 1. The van der Waals surface area contributed by atoms with Gasteiger partial charge in [0.1, 0.15) is 11.6 Å². The van der Waals surface area contributed by atoms with Crippen LogP contribution in [-0.2, 0) is 0 Å². The number of benzene rings is 1. The fraction of sp³-hybridized carbons (Fsp3) is 0.182. The highest BCUT2D eigenvalue weighted by Gasteiger charge is 2.10. The number of fused-ring (bicyclic) bond motifs is 1. The number of nitrogen functional groups attached to an aromatic ring is 1. The van der Waals surface area contributed by atoms with Gasteiger partial charge in [0, 0.05) is 17.5 Å². The van der Waals surface area contributed by atoms with E-state index in [2.05, 4.69) is 4.98 Å². The fourth-order valence-electron chi connectivity index (χ4n) is 1.56. The number of rotatable bonds is 2. The summed E-state index contributed by atoms with van der Waals surface area (Å²) in [6.45, 7) is 0. The van der Waals surface area contributed by atoms with Crippen LogP contribution in [0.3, 0.4) is 0 Å². The second-order valence-corrected chi connectivity index (χ2v) is 3.29. The third-order valence-electron chi connectivity index (χ3n) is 2.31. The molecule has 2 aromatic rings. The van der Waals surface area contributed by atoms with Crippen molar-refractivity contribution in [1.82, 2.24) is 4.98 Å². The molecule has 1 aromatic heterocycles. The molecule has 2 rings (SSSR count). The van der Waals surface area contributed by atoms with E-state index in [1.807, 2.05) is 0 Å². The minimum Gasteiger partial charge on any atom is -0.507 e. The number of ether oxygens (including phenoxy) is 2. The van der Waals surface area contributed by atoms with Crippen LogP contribution in [0.4, 0.5) is 5.82 Å². The third kappa shape index (κ3) is 1.56. The Morgan fingerprint density at radius 2 is 1.75 bits per heavy atom. The average molecular weight is 220 g/mol. The van der Waals surface area contributed by atoms with Crippen LogP contribution in [0, 0.1) is 0 Å². The number of nitrogens with two attached hydrogens (primary N) is 1. The molecule has 0 atom stereocenters. The molecule has 5 heteroatoms. The molecule has 1 aromatic carbocycles. The molecule has 0 spiro atoms. The summed E-state index contributed by atoms with van der Waals surface area (Å²) >= 11 is 0. The number of aromatic nitrogens is 1. The lowest BCUT2D eigenvalue weighted by molar-refractivity contribution is 0.355. The van der Waals surface area contributed by atoms with Crippen LogP contribution in [0.1, 0.15) is 0 Å². The van der Waals surface area contributed by atoms with Crippen LogP contribution in [0.15, 0.2) is 18.2 Å². The average Bonchev–Trinajstić information content (AvgIpc) is 2.27. The lowest BCUT2D eigenvalue weighted by Gasteiger charge is -2.09. The highest BCUT2D eigenvalue weighted by Crippen LogP contribution is 2.35. The first-order chi connectivity index (χ1) is 7.65. The van der Waals surface area contributed by atoms with Gasteiger partial charge in [-0.25, -0.2) is 4.98 Å². The Kier molecular flexibility index (Phi) is 2.44. The summed E-state index contributed by atoms with van der Waals surface area (Å²) in [4.78, 5) is 4.10. The van der Waals surface area contributed by atoms with Gasteiger partial charge in [0.2, 0.25) is 0 Å². The zero-order chi connectivity index (χ0) is 11.7. The summed E-state index contributed by atoms with van der Waals surface area (Å²) in [7, 11) is 3.07. The van der Waals surface area contributed by atoms with Crippen molar-refractivity contribution in [3.8, 4) is 17.2 Å². The van der Waals surface area contributed by atoms with Gasteiger partial charge in [-0.2, -0.15) is 0 Å². The van der Waals surface area contributed by atoms with Gasteiger partial charge in [-0.1, -0.05) is 0 Å². The molecular weight excluding hydrogens is 208 g/mol. The normalized spacial score (nSPS) is 10.4. The van der Waals surface area contributed by atoms with Gasteiger partial charge < -0.3 is 20.3 Å². The topological polar surface area (TPSA) is 77.6 Å². The van der Waals surface area contributed by atoms with E-state index < -0.39 is 0 Å². The number of hydrogen-bond donors (Lipinski definition) is 2. The molecule has 0 aliphatic heterocycles. The molecule has 0 saturated carbocycles. The van der Waals surface area contributed by atoms with E-state index in [9.17, 15) is 5.11 Å². The van der Waals surface area contributed by atoms with E-state index in [-0.39, 0.29) is 11.6 Å². The predicted molar refractivity (Wildman–Crippen MR) is 60.9 cm³/mol.